The van der Waals surface area contributed by atoms with Gasteiger partial charge < -0.3 is 9.47 Å². The first-order valence-electron chi connectivity index (χ1n) is 11.9. The number of ketones is 1. The van der Waals surface area contributed by atoms with Crippen molar-refractivity contribution in [2.75, 3.05) is 13.9 Å². The molecule has 0 saturated carbocycles. The third kappa shape index (κ3) is 7.02. The average molecular weight is 590 g/mol. The molecule has 3 rings (SSSR count). The van der Waals surface area contributed by atoms with E-state index in [0.29, 0.717) is 8.58 Å². The number of carbonyl (C=O) groups is 1. The molecule has 3 unspecified atom stereocenters. The molecule has 0 aliphatic heterocycles. The van der Waals surface area contributed by atoms with Crippen molar-refractivity contribution in [3.63, 3.8) is 0 Å². The molecule has 1 aliphatic carbocycles. The van der Waals surface area contributed by atoms with Crippen molar-refractivity contribution in [3.8, 4) is 5.75 Å². The Bertz CT molecular complexity index is 1060. The van der Waals surface area contributed by atoms with Crippen LogP contribution in [0.25, 0.3) is 0 Å². The first-order chi connectivity index (χ1) is 16.2. The van der Waals surface area contributed by atoms with Gasteiger partial charge >= 0.3 is 0 Å². The Kier molecular flexibility index (Phi) is 9.54. The van der Waals surface area contributed by atoms with E-state index >= 15 is 0 Å². The summed E-state index contributed by atoms with van der Waals surface area (Å²) in [4.78, 5) is 12.6. The van der Waals surface area contributed by atoms with Gasteiger partial charge in [0.2, 0.25) is 0 Å². The van der Waals surface area contributed by atoms with Crippen LogP contribution < -0.4 is 4.74 Å². The third-order valence-electron chi connectivity index (χ3n) is 6.25. The summed E-state index contributed by atoms with van der Waals surface area (Å²) in [6.45, 7) is 8.65. The molecule has 0 aromatic heterocycles. The first-order valence-corrected chi connectivity index (χ1v) is 13.9. The summed E-state index contributed by atoms with van der Waals surface area (Å²) in [7, 11) is 2.12. The second kappa shape index (κ2) is 12.0. The Morgan fingerprint density at radius 2 is 1.91 bits per heavy atom. The van der Waals surface area contributed by atoms with E-state index in [-0.39, 0.29) is 21.2 Å². The van der Waals surface area contributed by atoms with E-state index in [0.717, 1.165) is 37.0 Å². The van der Waals surface area contributed by atoms with Crippen molar-refractivity contribution in [1.29, 1.82) is 0 Å². The number of hydrogen-bond donors (Lipinski definition) is 0. The van der Waals surface area contributed by atoms with Gasteiger partial charge in [-0.2, -0.15) is 0 Å². The summed E-state index contributed by atoms with van der Waals surface area (Å²) in [6.07, 6.45) is 8.16. The maximum Gasteiger partial charge on any atom is 0.188 e. The Morgan fingerprint density at radius 1 is 1.18 bits per heavy atom. The molecule has 1 aliphatic rings. The summed E-state index contributed by atoms with van der Waals surface area (Å²) in [5, 5.41) is 1.04. The molecule has 182 valence electrons. The number of benzene rings is 2. The Labute approximate surface area is 220 Å². The van der Waals surface area contributed by atoms with E-state index in [1.807, 2.05) is 0 Å². The van der Waals surface area contributed by atoms with Crippen LogP contribution in [0.4, 0.5) is 0 Å². The van der Waals surface area contributed by atoms with Crippen LogP contribution in [0.1, 0.15) is 63.6 Å². The normalized spacial score (nSPS) is 20.1. The lowest BCUT2D eigenvalue weighted by molar-refractivity contribution is -0.113. The minimum atomic E-state index is -0.149. The molecule has 0 heterocycles. The Hall–Kier alpha value is -1.49. The topological polar surface area (TPSA) is 35.5 Å². The molecule has 0 bridgehead atoms. The fraction of sp³-hybridized carbons (Fsp3) is 0.414. The molecule has 5 heteroatoms. The van der Waals surface area contributed by atoms with Crippen molar-refractivity contribution in [2.45, 2.75) is 62.0 Å². The summed E-state index contributed by atoms with van der Waals surface area (Å²) >= 11 is 2.45. The maximum atomic E-state index is 12.6. The van der Waals surface area contributed by atoms with Crippen LogP contribution in [-0.4, -0.2) is 23.1 Å². The number of carbonyl (C=O) groups excluding carboxylic acids is 1. The number of allylic oxidation sites excluding steroid dienone is 4. The van der Waals surface area contributed by atoms with Gasteiger partial charge in [-0.3, -0.25) is 4.79 Å². The van der Waals surface area contributed by atoms with Crippen LogP contribution in [0.5, 0.6) is 5.75 Å². The molecule has 0 spiro atoms. The van der Waals surface area contributed by atoms with Gasteiger partial charge in [0.1, 0.15) is 5.75 Å². The van der Waals surface area contributed by atoms with Crippen molar-refractivity contribution < 1.29 is 14.3 Å². The minimum Gasteiger partial charge on any atom is -0.467 e. The third-order valence-corrected chi connectivity index (χ3v) is 8.80. The smallest absolute Gasteiger partial charge is 0.188 e. The van der Waals surface area contributed by atoms with Crippen LogP contribution in [0.3, 0.4) is 0 Å². The Morgan fingerprint density at radius 3 is 2.56 bits per heavy atom. The van der Waals surface area contributed by atoms with Gasteiger partial charge in [-0.15, -0.1) is 0 Å². The predicted octanol–water partition coefficient (Wildman–Crippen LogP) is 7.95. The molecule has 3 atom stereocenters. The molecule has 0 N–H and O–H groups in total. The second-order valence-corrected chi connectivity index (χ2v) is 13.8. The molecule has 3 nitrogen and oxygen atoms in total. The van der Waals surface area contributed by atoms with Gasteiger partial charge in [0.25, 0.3) is 0 Å². The van der Waals surface area contributed by atoms with Crippen molar-refractivity contribution in [1.82, 2.24) is 0 Å². The van der Waals surface area contributed by atoms with Gasteiger partial charge in [0.15, 0.2) is 12.6 Å². The summed E-state index contributed by atoms with van der Waals surface area (Å²) < 4.78 is 11.3. The van der Waals surface area contributed by atoms with E-state index in [1.54, 1.807) is 14.0 Å². The van der Waals surface area contributed by atoms with E-state index in [9.17, 15) is 4.79 Å². The van der Waals surface area contributed by atoms with Gasteiger partial charge in [-0.25, -0.2) is 0 Å². The number of ether oxygens (including phenoxy) is 2. The number of rotatable bonds is 11. The van der Waals surface area contributed by atoms with Crippen LogP contribution >= 0.6 is 31.2 Å². The fourth-order valence-electron chi connectivity index (χ4n) is 4.55. The van der Waals surface area contributed by atoms with Crippen LogP contribution in [0.15, 0.2) is 71.6 Å². The quantitative estimate of drug-likeness (QED) is 0.115. The number of hydrogen-bond acceptors (Lipinski definition) is 3. The van der Waals surface area contributed by atoms with E-state index in [1.165, 1.54) is 22.0 Å². The first kappa shape index (κ1) is 27.1. The highest BCUT2D eigenvalue weighted by atomic mass is 127. The molecule has 0 saturated heterocycles. The van der Waals surface area contributed by atoms with Crippen molar-refractivity contribution in [2.24, 2.45) is 0 Å². The molecular weight excluding hydrogens is 554 g/mol. The molecule has 0 amide bonds. The van der Waals surface area contributed by atoms with Crippen molar-refractivity contribution in [3.05, 3.63) is 88.3 Å². The van der Waals surface area contributed by atoms with Crippen LogP contribution in [-0.2, 0) is 21.1 Å². The number of alkyl halides is 1. The zero-order valence-electron chi connectivity index (χ0n) is 20.9. The lowest BCUT2D eigenvalue weighted by Gasteiger charge is -2.35. The minimum absolute atomic E-state index is 0.0176. The molecule has 2 aromatic rings. The highest BCUT2D eigenvalue weighted by Crippen LogP contribution is 2.55. The summed E-state index contributed by atoms with van der Waals surface area (Å²) in [5.41, 5.74) is 4.72. The highest BCUT2D eigenvalue weighted by molar-refractivity contribution is 14.1. The monoisotopic (exact) mass is 590 g/mol. The molecular formula is C29H36IO3P. The molecule has 0 fully saturated rings. The van der Waals surface area contributed by atoms with Gasteiger partial charge in [0.05, 0.1) is 0 Å². The summed E-state index contributed by atoms with van der Waals surface area (Å²) in [6, 6.07) is 17.1. The van der Waals surface area contributed by atoms with E-state index in [2.05, 4.69) is 104 Å². The van der Waals surface area contributed by atoms with Gasteiger partial charge in [-0.1, -0.05) is 106 Å². The number of halogens is 1. The van der Waals surface area contributed by atoms with Crippen LogP contribution in [0.2, 0.25) is 0 Å². The summed E-state index contributed by atoms with van der Waals surface area (Å²) in [5.74, 6) is 1.05. The number of methoxy groups -OCH3 is 1. The number of Topliss-reactive ketones (excluding diaryl/α,β-unsaturated/α-hetero) is 1. The average Bonchev–Trinajstić information content (AvgIpc) is 2.80. The zero-order chi connectivity index (χ0) is 24.8. The van der Waals surface area contributed by atoms with Gasteiger partial charge in [0, 0.05) is 26.8 Å². The van der Waals surface area contributed by atoms with Gasteiger partial charge in [-0.05, 0) is 55.6 Å². The van der Waals surface area contributed by atoms with Crippen LogP contribution in [0, 0.1) is 0 Å². The Balaban J connectivity index is 2.05. The standard InChI is InChI=1S/C29H36IO3P/c1-6-15-29(4,34-27-14-16-28(3,30)19-24(27)21(2)31)25-18-23(12-13-26(25)33-20-32-5)17-22-10-8-7-9-11-22/h7-14,16,18,34H,6,15,17,19-20H2,1-5H3. The second-order valence-electron chi connectivity index (χ2n) is 9.49. The highest BCUT2D eigenvalue weighted by Gasteiger charge is 2.34. The fourth-order valence-corrected chi connectivity index (χ4v) is 6.99. The van der Waals surface area contributed by atoms with Crippen molar-refractivity contribution >= 4 is 37.0 Å². The lowest BCUT2D eigenvalue weighted by Crippen LogP contribution is -2.22. The predicted molar refractivity (Wildman–Crippen MR) is 153 cm³/mol. The van der Waals surface area contributed by atoms with E-state index in [4.69, 9.17) is 9.47 Å². The zero-order valence-corrected chi connectivity index (χ0v) is 24.1. The molecule has 0 radical (unpaired) electrons. The SMILES string of the molecule is CCCC(C)(PC1=C(C(C)=O)CC(C)(I)C=C1)c1cc(Cc2ccccc2)ccc1OCOC. The van der Waals surface area contributed by atoms with E-state index < -0.39 is 0 Å². The molecule has 34 heavy (non-hydrogen) atoms. The maximum absolute atomic E-state index is 12.6. The lowest BCUT2D eigenvalue weighted by atomic mass is 9.91. The largest absolute Gasteiger partial charge is 0.467 e. The molecule has 2 aromatic carbocycles.